The van der Waals surface area contributed by atoms with Gasteiger partial charge in [0.15, 0.2) is 0 Å². The van der Waals surface area contributed by atoms with Gasteiger partial charge in [-0.05, 0) is 12.5 Å². The largest absolute Gasteiger partial charge is 0.381 e. The van der Waals surface area contributed by atoms with E-state index in [1.807, 2.05) is 17.9 Å². The van der Waals surface area contributed by atoms with Crippen LogP contribution in [-0.2, 0) is 18.2 Å². The molecule has 1 saturated heterocycles. The lowest BCUT2D eigenvalue weighted by molar-refractivity contribution is 0.154. The molecule has 0 bridgehead atoms. The zero-order valence-corrected chi connectivity index (χ0v) is 8.57. The van der Waals surface area contributed by atoms with E-state index in [9.17, 15) is 0 Å². The molecule has 2 heterocycles. The van der Waals surface area contributed by atoms with E-state index in [2.05, 4.69) is 11.2 Å². The van der Waals surface area contributed by atoms with Crippen molar-refractivity contribution in [2.24, 2.45) is 18.2 Å². The number of rotatable bonds is 3. The highest BCUT2D eigenvalue weighted by Crippen LogP contribution is 2.30. The summed E-state index contributed by atoms with van der Waals surface area (Å²) in [5, 5.41) is 4.37. The van der Waals surface area contributed by atoms with E-state index in [-0.39, 0.29) is 5.41 Å². The van der Waals surface area contributed by atoms with Crippen molar-refractivity contribution in [1.29, 1.82) is 0 Å². The smallest absolute Gasteiger partial charge is 0.0631 e. The van der Waals surface area contributed by atoms with Gasteiger partial charge >= 0.3 is 0 Å². The van der Waals surface area contributed by atoms with Gasteiger partial charge in [0.2, 0.25) is 0 Å². The third-order valence-electron chi connectivity index (χ3n) is 2.94. The van der Waals surface area contributed by atoms with Gasteiger partial charge < -0.3 is 10.5 Å². The number of nitrogens with zero attached hydrogens (tertiary/aromatic N) is 2. The van der Waals surface area contributed by atoms with Crippen LogP contribution in [0.2, 0.25) is 0 Å². The first-order valence-electron chi connectivity index (χ1n) is 5.00. The van der Waals surface area contributed by atoms with Crippen LogP contribution in [0.1, 0.15) is 12.1 Å². The van der Waals surface area contributed by atoms with Crippen LogP contribution in [-0.4, -0.2) is 29.5 Å². The molecule has 0 amide bonds. The van der Waals surface area contributed by atoms with Crippen LogP contribution in [0.25, 0.3) is 0 Å². The number of ether oxygens (including phenoxy) is 1. The molecule has 4 nitrogen and oxygen atoms in total. The van der Waals surface area contributed by atoms with E-state index in [1.54, 1.807) is 0 Å². The molecule has 1 atom stereocenters. The molecule has 1 aromatic rings. The van der Waals surface area contributed by atoms with Crippen LogP contribution >= 0.6 is 0 Å². The van der Waals surface area contributed by atoms with Crippen LogP contribution < -0.4 is 5.73 Å². The molecule has 1 unspecified atom stereocenters. The fraction of sp³-hybridized carbons (Fsp3) is 0.700. The van der Waals surface area contributed by atoms with Crippen molar-refractivity contribution in [2.75, 3.05) is 19.8 Å². The Morgan fingerprint density at radius 2 is 2.57 bits per heavy atom. The molecule has 2 rings (SSSR count). The van der Waals surface area contributed by atoms with Crippen molar-refractivity contribution in [3.8, 4) is 0 Å². The molecule has 0 saturated carbocycles. The molecule has 4 heteroatoms. The van der Waals surface area contributed by atoms with Crippen molar-refractivity contribution in [1.82, 2.24) is 9.78 Å². The summed E-state index contributed by atoms with van der Waals surface area (Å²) in [5.41, 5.74) is 7.06. The van der Waals surface area contributed by atoms with E-state index >= 15 is 0 Å². The van der Waals surface area contributed by atoms with Gasteiger partial charge in [-0.1, -0.05) is 0 Å². The summed E-state index contributed by atoms with van der Waals surface area (Å²) in [5.74, 6) is 0. The zero-order valence-electron chi connectivity index (χ0n) is 8.57. The lowest BCUT2D eigenvalue weighted by atomic mass is 9.83. The molecule has 1 aliphatic heterocycles. The second kappa shape index (κ2) is 3.71. The SMILES string of the molecule is Cn1ccc(CC2(CN)CCOC2)n1. The Morgan fingerprint density at radius 3 is 3.07 bits per heavy atom. The van der Waals surface area contributed by atoms with E-state index in [4.69, 9.17) is 10.5 Å². The minimum Gasteiger partial charge on any atom is -0.381 e. The summed E-state index contributed by atoms with van der Waals surface area (Å²) in [7, 11) is 1.93. The molecule has 1 aliphatic rings. The number of aryl methyl sites for hydroxylation is 1. The first kappa shape index (κ1) is 9.68. The standard InChI is InChI=1S/C10H17N3O/c1-13-4-2-9(12-13)6-10(7-11)3-5-14-8-10/h2,4H,3,5-8,11H2,1H3. The summed E-state index contributed by atoms with van der Waals surface area (Å²) in [6, 6.07) is 2.05. The monoisotopic (exact) mass is 195 g/mol. The first-order chi connectivity index (χ1) is 6.74. The molecule has 78 valence electrons. The van der Waals surface area contributed by atoms with Crippen LogP contribution in [0.5, 0.6) is 0 Å². The normalized spacial score (nSPS) is 27.0. The van der Waals surface area contributed by atoms with Gasteiger partial charge in [0.25, 0.3) is 0 Å². The van der Waals surface area contributed by atoms with Crippen molar-refractivity contribution >= 4 is 0 Å². The van der Waals surface area contributed by atoms with Gasteiger partial charge in [0, 0.05) is 38.2 Å². The minimum absolute atomic E-state index is 0.133. The van der Waals surface area contributed by atoms with Crippen molar-refractivity contribution in [3.05, 3.63) is 18.0 Å². The summed E-state index contributed by atoms with van der Waals surface area (Å²) in [4.78, 5) is 0. The van der Waals surface area contributed by atoms with Crippen LogP contribution in [0, 0.1) is 5.41 Å². The van der Waals surface area contributed by atoms with E-state index in [1.165, 1.54) is 0 Å². The average molecular weight is 195 g/mol. The second-order valence-electron chi connectivity index (χ2n) is 4.16. The topological polar surface area (TPSA) is 53.1 Å². The Bertz CT molecular complexity index is 302. The highest BCUT2D eigenvalue weighted by atomic mass is 16.5. The summed E-state index contributed by atoms with van der Waals surface area (Å²) < 4.78 is 7.24. The molecular formula is C10H17N3O. The van der Waals surface area contributed by atoms with Gasteiger partial charge in [-0.3, -0.25) is 4.68 Å². The Kier molecular flexibility index (Phi) is 2.56. The summed E-state index contributed by atoms with van der Waals surface area (Å²) in [6.45, 7) is 2.30. The fourth-order valence-corrected chi connectivity index (χ4v) is 1.96. The van der Waals surface area contributed by atoms with Crippen LogP contribution in [0.15, 0.2) is 12.3 Å². The van der Waals surface area contributed by atoms with Gasteiger partial charge in [0.05, 0.1) is 12.3 Å². The first-order valence-corrected chi connectivity index (χ1v) is 5.00. The Hall–Kier alpha value is -0.870. The molecule has 1 fully saturated rings. The second-order valence-corrected chi connectivity index (χ2v) is 4.16. The van der Waals surface area contributed by atoms with Gasteiger partial charge in [0.1, 0.15) is 0 Å². The van der Waals surface area contributed by atoms with E-state index in [0.29, 0.717) is 6.54 Å². The number of nitrogens with two attached hydrogens (primary N) is 1. The predicted octanol–water partition coefficient (Wildman–Crippen LogP) is 0.328. The lowest BCUT2D eigenvalue weighted by Gasteiger charge is -2.23. The number of aromatic nitrogens is 2. The lowest BCUT2D eigenvalue weighted by Crippen LogP contribution is -2.33. The van der Waals surface area contributed by atoms with E-state index in [0.717, 1.165) is 31.7 Å². The highest BCUT2D eigenvalue weighted by molar-refractivity contribution is 5.04. The number of hydrogen-bond acceptors (Lipinski definition) is 3. The molecule has 14 heavy (non-hydrogen) atoms. The molecule has 0 spiro atoms. The van der Waals surface area contributed by atoms with Gasteiger partial charge in [-0.25, -0.2) is 0 Å². The van der Waals surface area contributed by atoms with E-state index < -0.39 is 0 Å². The minimum atomic E-state index is 0.133. The molecule has 2 N–H and O–H groups in total. The molecular weight excluding hydrogens is 178 g/mol. The Labute approximate surface area is 84.0 Å². The van der Waals surface area contributed by atoms with Crippen molar-refractivity contribution < 1.29 is 4.74 Å². The van der Waals surface area contributed by atoms with Crippen molar-refractivity contribution in [3.63, 3.8) is 0 Å². The van der Waals surface area contributed by atoms with Crippen molar-refractivity contribution in [2.45, 2.75) is 12.8 Å². The third-order valence-corrected chi connectivity index (χ3v) is 2.94. The molecule has 0 aromatic carbocycles. The van der Waals surface area contributed by atoms with Crippen LogP contribution in [0.3, 0.4) is 0 Å². The zero-order chi connectivity index (χ0) is 10.0. The molecule has 1 aromatic heterocycles. The van der Waals surface area contributed by atoms with Crippen LogP contribution in [0.4, 0.5) is 0 Å². The quantitative estimate of drug-likeness (QED) is 0.756. The van der Waals surface area contributed by atoms with Gasteiger partial charge in [-0.15, -0.1) is 0 Å². The fourth-order valence-electron chi connectivity index (χ4n) is 1.96. The Morgan fingerprint density at radius 1 is 1.71 bits per heavy atom. The predicted molar refractivity (Wildman–Crippen MR) is 53.8 cm³/mol. The maximum absolute atomic E-state index is 5.81. The van der Waals surface area contributed by atoms with Gasteiger partial charge in [-0.2, -0.15) is 5.10 Å². The third kappa shape index (κ3) is 1.81. The Balaban J connectivity index is 2.08. The highest BCUT2D eigenvalue weighted by Gasteiger charge is 2.34. The molecule has 0 aliphatic carbocycles. The summed E-state index contributed by atoms with van der Waals surface area (Å²) >= 11 is 0. The number of hydrogen-bond donors (Lipinski definition) is 1. The maximum Gasteiger partial charge on any atom is 0.0631 e. The average Bonchev–Trinajstić information content (AvgIpc) is 2.77. The summed E-state index contributed by atoms with van der Waals surface area (Å²) in [6.07, 6.45) is 3.96. The molecule has 0 radical (unpaired) electrons. The maximum atomic E-state index is 5.81.